The fraction of sp³-hybridized carbons (Fsp3) is 0.308. The van der Waals surface area contributed by atoms with Crippen LogP contribution in [0, 0.1) is 0 Å². The maximum Gasteiger partial charge on any atom is 0.336 e. The number of rotatable bonds is 4. The highest BCUT2D eigenvalue weighted by Crippen LogP contribution is 2.30. The quantitative estimate of drug-likeness (QED) is 0.685. The third-order valence-electron chi connectivity index (χ3n) is 3.08. The molecule has 0 aliphatic carbocycles. The van der Waals surface area contributed by atoms with Gasteiger partial charge in [-0.05, 0) is 26.0 Å². The Morgan fingerprint density at radius 1 is 1.20 bits per heavy atom. The first-order valence-corrected chi connectivity index (χ1v) is 7.61. The maximum absolute atomic E-state index is 11.5. The lowest BCUT2D eigenvalue weighted by Gasteiger charge is -2.23. The van der Waals surface area contributed by atoms with Crippen LogP contribution < -0.4 is 10.5 Å². The van der Waals surface area contributed by atoms with Crippen molar-refractivity contribution in [2.45, 2.75) is 18.7 Å². The molecule has 0 saturated heterocycles. The van der Waals surface area contributed by atoms with E-state index in [4.69, 9.17) is 4.42 Å². The van der Waals surface area contributed by atoms with Crippen LogP contribution in [0.2, 0.25) is 0 Å². The van der Waals surface area contributed by atoms with Gasteiger partial charge < -0.3 is 9.32 Å². The van der Waals surface area contributed by atoms with E-state index in [9.17, 15) is 17.8 Å². The molecule has 0 radical (unpaired) electrons. The lowest BCUT2D eigenvalue weighted by Crippen LogP contribution is -2.24. The molecule has 0 unspecified atom stereocenters. The summed E-state index contributed by atoms with van der Waals surface area (Å²) in [6.07, 6.45) is 0. The average molecular weight is 297 g/mol. The summed E-state index contributed by atoms with van der Waals surface area (Å²) in [5.74, 6) is 0. The zero-order valence-corrected chi connectivity index (χ0v) is 12.0. The molecule has 0 fully saturated rings. The molecule has 0 bridgehead atoms. The van der Waals surface area contributed by atoms with Crippen LogP contribution in [0.1, 0.15) is 13.8 Å². The zero-order chi connectivity index (χ0) is 14.9. The van der Waals surface area contributed by atoms with Crippen molar-refractivity contribution in [2.24, 2.45) is 0 Å². The normalized spacial score (nSPS) is 11.8. The summed E-state index contributed by atoms with van der Waals surface area (Å²) in [4.78, 5) is 12.8. The summed E-state index contributed by atoms with van der Waals surface area (Å²) >= 11 is 0. The van der Waals surface area contributed by atoms with Crippen molar-refractivity contribution in [3.8, 4) is 0 Å². The van der Waals surface area contributed by atoms with Crippen LogP contribution in [0.25, 0.3) is 11.0 Å². The number of fused-ring (bicyclic) bond motifs is 1. The molecule has 108 valence electrons. The van der Waals surface area contributed by atoms with Gasteiger partial charge in [-0.3, -0.25) is 4.55 Å². The third-order valence-corrected chi connectivity index (χ3v) is 3.97. The summed E-state index contributed by atoms with van der Waals surface area (Å²) in [6.45, 7) is 4.84. The van der Waals surface area contributed by atoms with E-state index in [0.29, 0.717) is 24.2 Å². The highest BCUT2D eigenvalue weighted by atomic mass is 32.2. The van der Waals surface area contributed by atoms with E-state index >= 15 is 0 Å². The molecule has 1 aromatic carbocycles. The van der Waals surface area contributed by atoms with E-state index in [-0.39, 0.29) is 10.5 Å². The minimum absolute atomic E-state index is 0.192. The first-order chi connectivity index (χ1) is 9.36. The fourth-order valence-corrected chi connectivity index (χ4v) is 2.83. The van der Waals surface area contributed by atoms with Gasteiger partial charge in [-0.25, -0.2) is 4.79 Å². The molecule has 2 rings (SSSR count). The Labute approximate surface area is 116 Å². The van der Waals surface area contributed by atoms with E-state index in [1.807, 2.05) is 13.8 Å². The first kappa shape index (κ1) is 14.5. The van der Waals surface area contributed by atoms with E-state index in [1.165, 1.54) is 24.3 Å². The van der Waals surface area contributed by atoms with Crippen molar-refractivity contribution < 1.29 is 17.4 Å². The molecule has 0 amide bonds. The first-order valence-electron chi connectivity index (χ1n) is 6.17. The molecule has 1 N–H and O–H groups in total. The van der Waals surface area contributed by atoms with Crippen LogP contribution in [0.3, 0.4) is 0 Å². The van der Waals surface area contributed by atoms with E-state index in [2.05, 4.69) is 0 Å². The molecule has 20 heavy (non-hydrogen) atoms. The third kappa shape index (κ3) is 2.68. The van der Waals surface area contributed by atoms with Gasteiger partial charge in [0, 0.05) is 30.6 Å². The Balaban J connectivity index is 2.84. The van der Waals surface area contributed by atoms with Gasteiger partial charge in [0.25, 0.3) is 10.1 Å². The number of benzene rings is 1. The van der Waals surface area contributed by atoms with Crippen LogP contribution in [-0.2, 0) is 10.1 Å². The minimum Gasteiger partial charge on any atom is -0.423 e. The second-order valence-electron chi connectivity index (χ2n) is 4.26. The molecule has 0 atom stereocenters. The van der Waals surface area contributed by atoms with Gasteiger partial charge in [-0.1, -0.05) is 0 Å². The Morgan fingerprint density at radius 3 is 2.40 bits per heavy atom. The molecule has 1 aromatic heterocycles. The zero-order valence-electron chi connectivity index (χ0n) is 11.2. The highest BCUT2D eigenvalue weighted by Gasteiger charge is 2.20. The van der Waals surface area contributed by atoms with Crippen molar-refractivity contribution in [3.05, 3.63) is 34.7 Å². The van der Waals surface area contributed by atoms with Crippen molar-refractivity contribution >= 4 is 26.8 Å². The van der Waals surface area contributed by atoms with Crippen LogP contribution in [-0.4, -0.2) is 26.1 Å². The van der Waals surface area contributed by atoms with Gasteiger partial charge in [0.1, 0.15) is 10.5 Å². The molecule has 6 nitrogen and oxygen atoms in total. The summed E-state index contributed by atoms with van der Waals surface area (Å²) in [5.41, 5.74) is 0.0914. The van der Waals surface area contributed by atoms with Crippen molar-refractivity contribution in [1.29, 1.82) is 0 Å². The van der Waals surface area contributed by atoms with Crippen molar-refractivity contribution in [1.82, 2.24) is 0 Å². The predicted molar refractivity (Wildman–Crippen MR) is 75.9 cm³/mol. The smallest absolute Gasteiger partial charge is 0.336 e. The molecule has 0 aliphatic rings. The number of hydrogen-bond acceptors (Lipinski definition) is 5. The highest BCUT2D eigenvalue weighted by molar-refractivity contribution is 7.86. The van der Waals surface area contributed by atoms with Gasteiger partial charge in [0.2, 0.25) is 0 Å². The topological polar surface area (TPSA) is 87.8 Å². The lowest BCUT2D eigenvalue weighted by molar-refractivity contribution is 0.483. The van der Waals surface area contributed by atoms with Crippen molar-refractivity contribution in [2.75, 3.05) is 18.0 Å². The van der Waals surface area contributed by atoms with Crippen LogP contribution >= 0.6 is 0 Å². The van der Waals surface area contributed by atoms with Gasteiger partial charge in [0.15, 0.2) is 0 Å². The number of hydrogen-bond donors (Lipinski definition) is 1. The Bertz CT molecular complexity index is 790. The molecular weight excluding hydrogens is 282 g/mol. The second-order valence-corrected chi connectivity index (χ2v) is 5.65. The molecule has 1 heterocycles. The van der Waals surface area contributed by atoms with Crippen LogP contribution in [0.4, 0.5) is 5.69 Å². The average Bonchev–Trinajstić information content (AvgIpc) is 2.38. The number of nitrogens with zero attached hydrogens (tertiary/aromatic N) is 1. The Kier molecular flexibility index (Phi) is 3.82. The van der Waals surface area contributed by atoms with E-state index < -0.39 is 15.7 Å². The molecule has 0 saturated carbocycles. The molecule has 0 aliphatic heterocycles. The summed E-state index contributed by atoms with van der Waals surface area (Å²) in [5, 5.41) is 0.438. The van der Waals surface area contributed by atoms with Gasteiger partial charge in [-0.15, -0.1) is 0 Å². The Morgan fingerprint density at radius 2 is 1.85 bits per heavy atom. The summed E-state index contributed by atoms with van der Waals surface area (Å²) in [6, 6.07) is 5.43. The molecule has 2 aromatic rings. The second kappa shape index (κ2) is 5.26. The van der Waals surface area contributed by atoms with Crippen LogP contribution in [0.5, 0.6) is 0 Å². The molecular formula is C13H15NO5S. The predicted octanol–water partition coefficient (Wildman–Crippen LogP) is 1.89. The SMILES string of the molecule is CCN(CC)c1cc2oc(=O)ccc2cc1S(=O)(=O)O. The van der Waals surface area contributed by atoms with Gasteiger partial charge in [-0.2, -0.15) is 8.42 Å². The molecule has 7 heteroatoms. The lowest BCUT2D eigenvalue weighted by atomic mass is 10.2. The van der Waals surface area contributed by atoms with Crippen LogP contribution in [0.15, 0.2) is 38.4 Å². The Hall–Kier alpha value is -1.86. The molecule has 0 spiro atoms. The maximum atomic E-state index is 11.5. The van der Waals surface area contributed by atoms with Crippen molar-refractivity contribution in [3.63, 3.8) is 0 Å². The monoisotopic (exact) mass is 297 g/mol. The van der Waals surface area contributed by atoms with Gasteiger partial charge in [0.05, 0.1) is 5.69 Å². The summed E-state index contributed by atoms with van der Waals surface area (Å²) in [7, 11) is -4.36. The standard InChI is InChI=1S/C13H15NO5S/c1-3-14(4-2)10-8-11-9(5-6-13(15)19-11)7-12(10)20(16,17)18/h5-8H,3-4H2,1-2H3,(H,16,17,18). The number of anilines is 1. The fourth-order valence-electron chi connectivity index (χ4n) is 2.10. The van der Waals surface area contributed by atoms with E-state index in [1.54, 1.807) is 4.90 Å². The van der Waals surface area contributed by atoms with Gasteiger partial charge >= 0.3 is 5.63 Å². The minimum atomic E-state index is -4.36. The largest absolute Gasteiger partial charge is 0.423 e. The van der Waals surface area contributed by atoms with E-state index in [0.717, 1.165) is 0 Å². The summed E-state index contributed by atoms with van der Waals surface area (Å²) < 4.78 is 37.5.